The van der Waals surface area contributed by atoms with E-state index in [1.807, 2.05) is 6.07 Å². The lowest BCUT2D eigenvalue weighted by molar-refractivity contribution is -0.147. The number of carbonyl (C=O) groups excluding carboxylic acids is 1. The first-order chi connectivity index (χ1) is 15.9. The highest BCUT2D eigenvalue weighted by molar-refractivity contribution is 6.16. The van der Waals surface area contributed by atoms with Crippen LogP contribution in [0, 0.1) is 0 Å². The Hall–Kier alpha value is -3.97. The Balaban J connectivity index is 1.87. The van der Waals surface area contributed by atoms with Crippen LogP contribution >= 0.6 is 0 Å². The van der Waals surface area contributed by atoms with E-state index in [1.165, 1.54) is 14.2 Å². The fraction of sp³-hybridized carbons (Fsp3) is 0.192. The number of methoxy groups -OCH3 is 3. The van der Waals surface area contributed by atoms with Crippen molar-refractivity contribution in [2.75, 3.05) is 21.3 Å². The van der Waals surface area contributed by atoms with Crippen LogP contribution in [-0.2, 0) is 16.0 Å². The average molecular weight is 446 g/mol. The maximum Gasteiger partial charge on any atom is 0.238 e. The smallest absolute Gasteiger partial charge is 0.238 e. The molecule has 7 nitrogen and oxygen atoms in total. The standard InChI is InChI=1S/C26H22O7/c1-30-17-11-9-16(10-12-17)26-21(15-7-5-4-6-8-15)23(27)24(28)25(26,29)22-19(32-3)13-18(31-2)14-20(22)33-26/h4-14,27,29H,1-3H3/t25-,26-/m0/s1. The highest BCUT2D eigenvalue weighted by atomic mass is 16.5. The summed E-state index contributed by atoms with van der Waals surface area (Å²) in [5.74, 6) is 0.00660. The van der Waals surface area contributed by atoms with E-state index in [-0.39, 0.29) is 22.6 Å². The summed E-state index contributed by atoms with van der Waals surface area (Å²) in [5.41, 5.74) is -2.77. The summed E-state index contributed by atoms with van der Waals surface area (Å²) < 4.78 is 22.6. The average Bonchev–Trinajstić information content (AvgIpc) is 3.21. The Morgan fingerprint density at radius 1 is 0.848 bits per heavy atom. The van der Waals surface area contributed by atoms with Crippen molar-refractivity contribution < 1.29 is 34.0 Å². The third-order valence-electron chi connectivity index (χ3n) is 6.32. The van der Waals surface area contributed by atoms with E-state index in [9.17, 15) is 15.0 Å². The van der Waals surface area contributed by atoms with Gasteiger partial charge in [-0.25, -0.2) is 0 Å². The van der Waals surface area contributed by atoms with Crippen molar-refractivity contribution in [2.24, 2.45) is 0 Å². The van der Waals surface area contributed by atoms with Crippen molar-refractivity contribution in [3.05, 3.63) is 89.2 Å². The largest absolute Gasteiger partial charge is 0.504 e. The maximum atomic E-state index is 13.6. The molecule has 168 valence electrons. The number of ketones is 1. The Morgan fingerprint density at radius 2 is 1.52 bits per heavy atom. The zero-order valence-corrected chi connectivity index (χ0v) is 18.3. The molecule has 0 amide bonds. The number of aliphatic hydroxyl groups excluding tert-OH is 1. The van der Waals surface area contributed by atoms with Crippen LogP contribution in [0.4, 0.5) is 0 Å². The van der Waals surface area contributed by atoms with Gasteiger partial charge in [0.25, 0.3) is 0 Å². The molecule has 0 radical (unpaired) electrons. The minimum atomic E-state index is -2.29. The molecule has 0 spiro atoms. The van der Waals surface area contributed by atoms with Gasteiger partial charge < -0.3 is 29.2 Å². The number of aliphatic hydroxyl groups is 2. The van der Waals surface area contributed by atoms with Gasteiger partial charge in [0.05, 0.1) is 32.5 Å². The normalized spacial score (nSPS) is 23.1. The van der Waals surface area contributed by atoms with Gasteiger partial charge in [-0.15, -0.1) is 0 Å². The van der Waals surface area contributed by atoms with E-state index in [0.717, 1.165) is 0 Å². The Labute approximate surface area is 190 Å². The van der Waals surface area contributed by atoms with E-state index in [4.69, 9.17) is 18.9 Å². The molecule has 0 aromatic heterocycles. The molecule has 0 fully saturated rings. The van der Waals surface area contributed by atoms with Crippen LogP contribution < -0.4 is 18.9 Å². The van der Waals surface area contributed by atoms with Gasteiger partial charge in [-0.1, -0.05) is 42.5 Å². The number of ether oxygens (including phenoxy) is 4. The summed E-state index contributed by atoms with van der Waals surface area (Å²) in [5, 5.41) is 23.3. The fourth-order valence-corrected chi connectivity index (χ4v) is 4.84. The molecule has 3 aromatic carbocycles. The Morgan fingerprint density at radius 3 is 2.12 bits per heavy atom. The second kappa shape index (κ2) is 7.28. The predicted molar refractivity (Wildman–Crippen MR) is 120 cm³/mol. The minimum absolute atomic E-state index is 0.129. The predicted octanol–water partition coefficient (Wildman–Crippen LogP) is 3.74. The highest BCUT2D eigenvalue weighted by Crippen LogP contribution is 2.66. The van der Waals surface area contributed by atoms with Crippen molar-refractivity contribution in [3.8, 4) is 23.0 Å². The first kappa shape index (κ1) is 20.9. The van der Waals surface area contributed by atoms with E-state index >= 15 is 0 Å². The molecule has 1 heterocycles. The molecule has 0 saturated carbocycles. The summed E-state index contributed by atoms with van der Waals surface area (Å²) >= 11 is 0. The van der Waals surface area contributed by atoms with Gasteiger partial charge in [-0.3, -0.25) is 4.79 Å². The number of Topliss-reactive ketones (excluding diaryl/α,β-unsaturated/α-hetero) is 1. The van der Waals surface area contributed by atoms with Crippen molar-refractivity contribution in [1.82, 2.24) is 0 Å². The molecular formula is C26H22O7. The molecule has 2 atom stereocenters. The quantitative estimate of drug-likeness (QED) is 0.617. The lowest BCUT2D eigenvalue weighted by Gasteiger charge is -2.36. The third kappa shape index (κ3) is 2.57. The van der Waals surface area contributed by atoms with Crippen molar-refractivity contribution >= 4 is 11.4 Å². The van der Waals surface area contributed by atoms with Gasteiger partial charge in [0, 0.05) is 17.7 Å². The SMILES string of the molecule is COc1ccc([C@@]23Oc4cc(OC)cc(OC)c4[C@]2(O)C(=O)C(O)=C3c2ccccc2)cc1. The number of fused-ring (bicyclic) bond motifs is 3. The van der Waals surface area contributed by atoms with Crippen LogP contribution in [0.2, 0.25) is 0 Å². The summed E-state index contributed by atoms with van der Waals surface area (Å²) in [4.78, 5) is 13.6. The van der Waals surface area contributed by atoms with Crippen molar-refractivity contribution in [3.63, 3.8) is 0 Å². The fourth-order valence-electron chi connectivity index (χ4n) is 4.84. The van der Waals surface area contributed by atoms with Gasteiger partial charge in [0.1, 0.15) is 23.0 Å². The third-order valence-corrected chi connectivity index (χ3v) is 6.32. The molecule has 2 aliphatic rings. The molecule has 1 aliphatic heterocycles. The van der Waals surface area contributed by atoms with Gasteiger partial charge in [-0.05, 0) is 17.7 Å². The van der Waals surface area contributed by atoms with Crippen LogP contribution in [0.3, 0.4) is 0 Å². The summed E-state index contributed by atoms with van der Waals surface area (Å²) in [6.07, 6.45) is 0. The summed E-state index contributed by atoms with van der Waals surface area (Å²) in [6, 6.07) is 18.9. The van der Waals surface area contributed by atoms with E-state index < -0.39 is 22.7 Å². The molecule has 0 saturated heterocycles. The monoisotopic (exact) mass is 446 g/mol. The zero-order chi connectivity index (χ0) is 23.4. The summed E-state index contributed by atoms with van der Waals surface area (Å²) in [6.45, 7) is 0. The topological polar surface area (TPSA) is 94.5 Å². The molecule has 3 aromatic rings. The molecule has 1 aliphatic carbocycles. The highest BCUT2D eigenvalue weighted by Gasteiger charge is 2.74. The second-order valence-corrected chi connectivity index (χ2v) is 7.84. The molecular weight excluding hydrogens is 424 g/mol. The van der Waals surface area contributed by atoms with Crippen LogP contribution in [-0.4, -0.2) is 37.3 Å². The van der Waals surface area contributed by atoms with E-state index in [2.05, 4.69) is 0 Å². The lowest BCUT2D eigenvalue weighted by Crippen LogP contribution is -2.50. The van der Waals surface area contributed by atoms with Gasteiger partial charge in [0.2, 0.25) is 17.0 Å². The number of carbonyl (C=O) groups is 1. The van der Waals surface area contributed by atoms with Gasteiger partial charge >= 0.3 is 0 Å². The summed E-state index contributed by atoms with van der Waals surface area (Å²) in [7, 11) is 4.47. The van der Waals surface area contributed by atoms with Crippen molar-refractivity contribution in [1.29, 1.82) is 0 Å². The number of hydrogen-bond acceptors (Lipinski definition) is 7. The van der Waals surface area contributed by atoms with E-state index in [1.54, 1.807) is 67.8 Å². The lowest BCUT2D eigenvalue weighted by atomic mass is 9.72. The first-order valence-electron chi connectivity index (χ1n) is 10.3. The van der Waals surface area contributed by atoms with Crippen molar-refractivity contribution in [2.45, 2.75) is 11.2 Å². The van der Waals surface area contributed by atoms with Gasteiger partial charge in [-0.2, -0.15) is 0 Å². The molecule has 7 heteroatoms. The van der Waals surface area contributed by atoms with Crippen LogP contribution in [0.15, 0.2) is 72.5 Å². The minimum Gasteiger partial charge on any atom is -0.504 e. The number of rotatable bonds is 5. The van der Waals surface area contributed by atoms with Crippen LogP contribution in [0.25, 0.3) is 5.57 Å². The Bertz CT molecular complexity index is 1280. The first-order valence-corrected chi connectivity index (χ1v) is 10.3. The molecule has 2 N–H and O–H groups in total. The molecule has 0 bridgehead atoms. The number of hydrogen-bond donors (Lipinski definition) is 2. The van der Waals surface area contributed by atoms with E-state index in [0.29, 0.717) is 22.6 Å². The number of benzene rings is 3. The maximum absolute atomic E-state index is 13.6. The molecule has 5 rings (SSSR count). The zero-order valence-electron chi connectivity index (χ0n) is 18.3. The molecule has 33 heavy (non-hydrogen) atoms. The second-order valence-electron chi connectivity index (χ2n) is 7.84. The van der Waals surface area contributed by atoms with Crippen LogP contribution in [0.1, 0.15) is 16.7 Å². The molecule has 0 unspecified atom stereocenters. The van der Waals surface area contributed by atoms with Gasteiger partial charge in [0.15, 0.2) is 5.76 Å². The Kier molecular flexibility index (Phi) is 4.61. The van der Waals surface area contributed by atoms with Crippen LogP contribution in [0.5, 0.6) is 23.0 Å².